The van der Waals surface area contributed by atoms with Crippen LogP contribution >= 0.6 is 0 Å². The Bertz CT molecular complexity index is 5860. The Kier molecular flexibility index (Phi) is 46.4. The number of benzene rings is 16. The second-order valence-electron chi connectivity index (χ2n) is 32.2. The fourth-order valence-electron chi connectivity index (χ4n) is 13.0. The molecule has 16 aromatic rings. The molecule has 0 radical (unpaired) electrons. The SMILES string of the molecule is CCc1cc(N)ccc1N=Nc1ccc(N)cc1.CCc1cc(N)ccc1N=Nc1ccc(N)cc1.CCc1cc(N)ccc1N=Nc1ccc(N)cc1.CCc1cc(N)ccc1N=Nc1ccc(N)cc1.CCc1cc(N)ccc1N=Nc1ccc(N)cc1.CCc1cc(N)ccc1N=Nc1ccc(N)cc1.CCc1cc(N)ccc1N=Nc1ccc(N)cc1.Nc1ccc(N=Nc2ccc(N)cc2CO)cc1.O=C=O. The molecule has 16 rings (SSSR count). The molecule has 0 heterocycles. The Labute approximate surface area is 855 Å². The van der Waals surface area contributed by atoms with Crippen LogP contribution in [0.15, 0.2) is 422 Å². The maximum atomic E-state index is 9.20. The van der Waals surface area contributed by atoms with Gasteiger partial charge in [0.05, 0.1) is 97.6 Å². The first-order valence-corrected chi connectivity index (χ1v) is 46.8. The van der Waals surface area contributed by atoms with Crippen LogP contribution < -0.4 is 91.7 Å². The molecule has 33 N–H and O–H groups in total. The number of carbonyl (C=O) groups excluding carboxylic acids is 2. The Balaban J connectivity index is 0.000000204. The van der Waals surface area contributed by atoms with Gasteiger partial charge >= 0.3 is 6.15 Å². The summed E-state index contributed by atoms with van der Waals surface area (Å²) in [6, 6.07) is 103. The van der Waals surface area contributed by atoms with Gasteiger partial charge in [-0.25, -0.2) is 0 Å². The van der Waals surface area contributed by atoms with Gasteiger partial charge in [0.15, 0.2) is 0 Å². The van der Waals surface area contributed by atoms with E-state index in [9.17, 15) is 5.11 Å². The molecule has 0 fully saturated rings. The Morgan fingerprint density at radius 3 is 0.354 bits per heavy atom. The molecule has 0 atom stereocenters. The second-order valence-corrected chi connectivity index (χ2v) is 32.2. The maximum absolute atomic E-state index is 9.20. The molecule has 35 nitrogen and oxygen atoms in total. The van der Waals surface area contributed by atoms with Gasteiger partial charge in [0.2, 0.25) is 0 Å². The minimum Gasteiger partial charge on any atom is -0.399 e. The minimum atomic E-state index is -0.124. The third-order valence-corrected chi connectivity index (χ3v) is 21.0. The predicted octanol–water partition coefficient (Wildman–Crippen LogP) is 29.0. The van der Waals surface area contributed by atoms with Crippen molar-refractivity contribution in [3.63, 3.8) is 0 Å². The number of nitrogen functional groups attached to an aromatic ring is 16. The fourth-order valence-corrected chi connectivity index (χ4v) is 13.0. The first kappa shape index (κ1) is 113. The van der Waals surface area contributed by atoms with Gasteiger partial charge in [-0.1, -0.05) is 48.5 Å². The van der Waals surface area contributed by atoms with Crippen molar-refractivity contribution in [2.75, 3.05) is 91.7 Å². The third kappa shape index (κ3) is 40.3. The summed E-state index contributed by atoms with van der Waals surface area (Å²) in [4.78, 5) is 16.2. The molecule has 16 aromatic carbocycles. The van der Waals surface area contributed by atoms with Gasteiger partial charge in [0, 0.05) is 96.6 Å². The molecule has 0 spiro atoms. The number of anilines is 16. The summed E-state index contributed by atoms with van der Waals surface area (Å²) in [7, 11) is 0. The number of aryl methyl sites for hydroxylation is 7. The molecular formula is C112H126N32O3. The largest absolute Gasteiger partial charge is 0.399 e. The Morgan fingerprint density at radius 1 is 0.156 bits per heavy atom. The number of azo groups is 8. The highest BCUT2D eigenvalue weighted by atomic mass is 16.3. The summed E-state index contributed by atoms with van der Waals surface area (Å²) in [5.41, 5.74) is 123. The van der Waals surface area contributed by atoms with Crippen molar-refractivity contribution in [2.24, 2.45) is 81.8 Å². The van der Waals surface area contributed by atoms with Crippen molar-refractivity contribution in [3.8, 4) is 0 Å². The van der Waals surface area contributed by atoms with Gasteiger partial charge in [0.25, 0.3) is 0 Å². The molecule has 0 aromatic heterocycles. The molecule has 0 aliphatic carbocycles. The van der Waals surface area contributed by atoms with Crippen molar-refractivity contribution < 1.29 is 14.7 Å². The summed E-state index contributed by atoms with van der Waals surface area (Å²) < 4.78 is 0. The zero-order valence-corrected chi connectivity index (χ0v) is 83.1. The Morgan fingerprint density at radius 2 is 0.252 bits per heavy atom. The van der Waals surface area contributed by atoms with Crippen LogP contribution in [0.5, 0.6) is 0 Å². The molecule has 0 unspecified atom stereocenters. The van der Waals surface area contributed by atoms with Gasteiger partial charge in [-0.3, -0.25) is 0 Å². The zero-order chi connectivity index (χ0) is 106. The van der Waals surface area contributed by atoms with Crippen LogP contribution in [0.4, 0.5) is 182 Å². The molecule has 752 valence electrons. The quantitative estimate of drug-likeness (QED) is 0.0197. The van der Waals surface area contributed by atoms with E-state index in [-0.39, 0.29) is 12.8 Å². The van der Waals surface area contributed by atoms with Crippen LogP contribution in [0.3, 0.4) is 0 Å². The summed E-state index contributed by atoms with van der Waals surface area (Å²) in [6.07, 6.45) is 6.38. The smallest absolute Gasteiger partial charge is 0.373 e. The Hall–Kier alpha value is -19.5. The molecule has 0 saturated heterocycles. The zero-order valence-electron chi connectivity index (χ0n) is 83.1. The fraction of sp³-hybridized carbons (Fsp3) is 0.134. The lowest BCUT2D eigenvalue weighted by Crippen LogP contribution is -1.89. The van der Waals surface area contributed by atoms with Gasteiger partial charge in [0.1, 0.15) is 0 Å². The number of hydrogen-bond donors (Lipinski definition) is 17. The topological polar surface area (TPSA) is 668 Å². The summed E-state index contributed by atoms with van der Waals surface area (Å²) in [5, 5.41) is 76.4. The lowest BCUT2D eigenvalue weighted by atomic mass is 10.1. The van der Waals surface area contributed by atoms with E-state index in [0.717, 1.165) is 243 Å². The lowest BCUT2D eigenvalue weighted by Gasteiger charge is -2.03. The number of nitrogens with two attached hydrogens (primary N) is 16. The van der Waals surface area contributed by atoms with Crippen LogP contribution in [0.1, 0.15) is 93.0 Å². The van der Waals surface area contributed by atoms with E-state index in [4.69, 9.17) is 101 Å². The van der Waals surface area contributed by atoms with Crippen molar-refractivity contribution >= 4 is 188 Å². The average molecular weight is 1970 g/mol. The van der Waals surface area contributed by atoms with Gasteiger partial charge in [-0.15, -0.1) is 0 Å². The first-order chi connectivity index (χ1) is 70.9. The molecular weight excluding hydrogens is 1840 g/mol. The van der Waals surface area contributed by atoms with Crippen LogP contribution in [-0.2, 0) is 61.1 Å². The molecule has 35 heteroatoms. The molecule has 0 aliphatic rings. The van der Waals surface area contributed by atoms with E-state index >= 15 is 0 Å². The van der Waals surface area contributed by atoms with Gasteiger partial charge < -0.3 is 96.8 Å². The van der Waals surface area contributed by atoms with E-state index in [1.807, 2.05) is 212 Å². The van der Waals surface area contributed by atoms with Gasteiger partial charge in [-0.2, -0.15) is 91.4 Å². The summed E-state index contributed by atoms with van der Waals surface area (Å²) >= 11 is 0. The van der Waals surface area contributed by atoms with Crippen LogP contribution in [0.2, 0.25) is 0 Å². The highest BCUT2D eigenvalue weighted by Gasteiger charge is 2.10. The highest BCUT2D eigenvalue weighted by Crippen LogP contribution is 2.35. The second kappa shape index (κ2) is 60.5. The van der Waals surface area contributed by atoms with Crippen LogP contribution in [0, 0.1) is 0 Å². The standard InChI is InChI=1S/7C14H16N4.C13H14N4O.CO2/c7*1-2-10-9-12(16)5-8-14(10)18-17-13-6-3-11(15)4-7-13;14-10-1-4-12(5-2-10)16-17-13-6-3-11(15)7-9(13)8-18;2-1-3/h7*3-9H,2,15-16H2,1H3;1-7,18H,8,14-15H2;. The van der Waals surface area contributed by atoms with E-state index < -0.39 is 0 Å². The first-order valence-electron chi connectivity index (χ1n) is 46.8. The predicted molar refractivity (Wildman–Crippen MR) is 604 cm³/mol. The maximum Gasteiger partial charge on any atom is 0.373 e. The van der Waals surface area contributed by atoms with Crippen molar-refractivity contribution in [3.05, 3.63) is 384 Å². The normalized spacial score (nSPS) is 10.8. The monoisotopic (exact) mass is 1970 g/mol. The van der Waals surface area contributed by atoms with E-state index in [0.29, 0.717) is 28.3 Å². The highest BCUT2D eigenvalue weighted by molar-refractivity contribution is 5.65. The summed E-state index contributed by atoms with van der Waals surface area (Å²) in [5.74, 6) is 0. The number of hydrogen-bond acceptors (Lipinski definition) is 35. The van der Waals surface area contributed by atoms with E-state index in [2.05, 4.69) is 130 Å². The minimum absolute atomic E-state index is 0.124. The molecule has 0 aliphatic heterocycles. The molecule has 0 amide bonds. The average Bonchev–Trinajstić information content (AvgIpc) is 0.886. The number of aliphatic hydroxyl groups is 1. The van der Waals surface area contributed by atoms with Crippen LogP contribution in [0.25, 0.3) is 0 Å². The lowest BCUT2D eigenvalue weighted by molar-refractivity contribution is -0.191. The number of rotatable bonds is 24. The van der Waals surface area contributed by atoms with Crippen molar-refractivity contribution in [1.29, 1.82) is 0 Å². The molecule has 147 heavy (non-hydrogen) atoms. The van der Waals surface area contributed by atoms with E-state index in [1.54, 1.807) is 127 Å². The number of aliphatic hydroxyl groups excluding tert-OH is 1. The molecule has 0 saturated carbocycles. The van der Waals surface area contributed by atoms with E-state index in [1.165, 1.54) is 0 Å². The third-order valence-electron chi connectivity index (χ3n) is 21.0. The molecule has 0 bridgehead atoms. The van der Waals surface area contributed by atoms with Crippen molar-refractivity contribution in [1.82, 2.24) is 0 Å². The van der Waals surface area contributed by atoms with Crippen molar-refractivity contribution in [2.45, 2.75) is 100 Å². The van der Waals surface area contributed by atoms with Crippen LogP contribution in [-0.4, -0.2) is 11.3 Å². The number of nitrogens with zero attached hydrogens (tertiary/aromatic N) is 16. The van der Waals surface area contributed by atoms with Gasteiger partial charge in [-0.05, 0) is 424 Å². The summed E-state index contributed by atoms with van der Waals surface area (Å²) in [6.45, 7) is 14.3.